The Bertz CT molecular complexity index is 415. The van der Waals surface area contributed by atoms with Gasteiger partial charge in [-0.2, -0.15) is 0 Å². The molecule has 1 aliphatic rings. The summed E-state index contributed by atoms with van der Waals surface area (Å²) in [5.74, 6) is 1.40. The predicted molar refractivity (Wildman–Crippen MR) is 81.5 cm³/mol. The third-order valence-electron chi connectivity index (χ3n) is 4.15. The Morgan fingerprint density at radius 2 is 2.21 bits per heavy atom. The molecule has 1 nitrogen and oxygen atoms in total. The Balaban J connectivity index is 2.01. The van der Waals surface area contributed by atoms with Crippen LogP contribution in [0.1, 0.15) is 51.5 Å². The van der Waals surface area contributed by atoms with E-state index in [1.54, 1.807) is 0 Å². The van der Waals surface area contributed by atoms with E-state index in [-0.39, 0.29) is 0 Å². The third kappa shape index (κ3) is 4.50. The molecule has 0 aromatic heterocycles. The highest BCUT2D eigenvalue weighted by molar-refractivity contribution is 6.30. The molecule has 0 spiro atoms. The molecule has 2 rings (SSSR count). The van der Waals surface area contributed by atoms with E-state index in [9.17, 15) is 5.11 Å². The molecule has 0 saturated heterocycles. The Morgan fingerprint density at radius 3 is 2.89 bits per heavy atom. The third-order valence-corrected chi connectivity index (χ3v) is 4.39. The summed E-state index contributed by atoms with van der Waals surface area (Å²) in [6, 6.07) is 7.90. The largest absolute Gasteiger partial charge is 0.390 e. The number of hydrogen-bond acceptors (Lipinski definition) is 1. The Labute approximate surface area is 122 Å². The van der Waals surface area contributed by atoms with E-state index in [1.807, 2.05) is 18.2 Å². The average molecular weight is 281 g/mol. The summed E-state index contributed by atoms with van der Waals surface area (Å²) in [4.78, 5) is 0. The molecule has 2 heteroatoms. The minimum atomic E-state index is -0.525. The van der Waals surface area contributed by atoms with Crippen LogP contribution >= 0.6 is 11.6 Å². The summed E-state index contributed by atoms with van der Waals surface area (Å²) >= 11 is 6.02. The van der Waals surface area contributed by atoms with Gasteiger partial charge in [0.2, 0.25) is 0 Å². The van der Waals surface area contributed by atoms with Gasteiger partial charge in [-0.15, -0.1) is 0 Å². The number of hydrogen-bond donors (Lipinski definition) is 1. The molecule has 106 valence electrons. The summed E-state index contributed by atoms with van der Waals surface area (Å²) in [5, 5.41) is 11.6. The molecule has 0 heterocycles. The summed E-state index contributed by atoms with van der Waals surface area (Å²) < 4.78 is 0. The Hall–Kier alpha value is -0.530. The molecule has 0 bridgehead atoms. The van der Waals surface area contributed by atoms with Gasteiger partial charge in [0.15, 0.2) is 0 Å². The summed E-state index contributed by atoms with van der Waals surface area (Å²) in [6.07, 6.45) is 6.26. The quantitative estimate of drug-likeness (QED) is 0.836. The van der Waals surface area contributed by atoms with Crippen molar-refractivity contribution in [2.45, 2.75) is 58.0 Å². The van der Waals surface area contributed by atoms with Crippen LogP contribution < -0.4 is 0 Å². The van der Waals surface area contributed by atoms with Gasteiger partial charge < -0.3 is 5.11 Å². The molecule has 1 N–H and O–H groups in total. The monoisotopic (exact) mass is 280 g/mol. The first-order chi connectivity index (χ1) is 8.97. The maximum Gasteiger partial charge on any atom is 0.0690 e. The van der Waals surface area contributed by atoms with Gasteiger partial charge in [0, 0.05) is 11.4 Å². The molecule has 1 aromatic rings. The number of rotatable bonds is 4. The van der Waals surface area contributed by atoms with Crippen molar-refractivity contribution in [1.29, 1.82) is 0 Å². The second-order valence-electron chi connectivity index (χ2n) is 6.62. The summed E-state index contributed by atoms with van der Waals surface area (Å²) in [7, 11) is 0. The minimum absolute atomic E-state index is 0.525. The van der Waals surface area contributed by atoms with Crippen LogP contribution in [0.2, 0.25) is 5.02 Å². The Morgan fingerprint density at radius 1 is 1.42 bits per heavy atom. The highest BCUT2D eigenvalue weighted by Gasteiger charge is 2.34. The van der Waals surface area contributed by atoms with Crippen LogP contribution in [0.5, 0.6) is 0 Å². The topological polar surface area (TPSA) is 20.2 Å². The predicted octanol–water partition coefficient (Wildman–Crippen LogP) is 4.85. The van der Waals surface area contributed by atoms with Gasteiger partial charge in [0.1, 0.15) is 0 Å². The second-order valence-corrected chi connectivity index (χ2v) is 7.06. The van der Waals surface area contributed by atoms with E-state index >= 15 is 0 Å². The molecule has 1 fully saturated rings. The van der Waals surface area contributed by atoms with Crippen LogP contribution in [0.3, 0.4) is 0 Å². The maximum absolute atomic E-state index is 10.9. The zero-order valence-corrected chi connectivity index (χ0v) is 12.8. The van der Waals surface area contributed by atoms with Crippen LogP contribution in [-0.2, 0) is 6.42 Å². The standard InChI is InChI=1S/C17H25ClO/c1-13(2)9-14-6-4-8-17(19,11-14)12-15-5-3-7-16(18)10-15/h3,5,7,10,13-14,19H,4,6,8-9,11-12H2,1-2H3. The number of benzene rings is 1. The van der Waals surface area contributed by atoms with Gasteiger partial charge >= 0.3 is 0 Å². The van der Waals surface area contributed by atoms with Crippen molar-refractivity contribution in [2.75, 3.05) is 0 Å². The van der Waals surface area contributed by atoms with Crippen molar-refractivity contribution in [2.24, 2.45) is 11.8 Å². The van der Waals surface area contributed by atoms with Crippen LogP contribution in [0, 0.1) is 11.8 Å². The molecule has 1 saturated carbocycles. The first-order valence-electron chi connectivity index (χ1n) is 7.44. The van der Waals surface area contributed by atoms with Gasteiger partial charge in [-0.05, 0) is 48.8 Å². The van der Waals surface area contributed by atoms with Crippen LogP contribution in [-0.4, -0.2) is 10.7 Å². The first-order valence-corrected chi connectivity index (χ1v) is 7.81. The van der Waals surface area contributed by atoms with Crippen molar-refractivity contribution in [1.82, 2.24) is 0 Å². The fourth-order valence-corrected chi connectivity index (χ4v) is 3.73. The van der Waals surface area contributed by atoms with Crippen LogP contribution in [0.4, 0.5) is 0 Å². The van der Waals surface area contributed by atoms with Gasteiger partial charge in [-0.25, -0.2) is 0 Å². The lowest BCUT2D eigenvalue weighted by Crippen LogP contribution is -2.37. The number of halogens is 1. The van der Waals surface area contributed by atoms with E-state index < -0.39 is 5.60 Å². The van der Waals surface area contributed by atoms with Crippen LogP contribution in [0.25, 0.3) is 0 Å². The highest BCUT2D eigenvalue weighted by Crippen LogP contribution is 2.37. The molecule has 1 aromatic carbocycles. The fraction of sp³-hybridized carbons (Fsp3) is 0.647. The highest BCUT2D eigenvalue weighted by atomic mass is 35.5. The summed E-state index contributed by atoms with van der Waals surface area (Å²) in [5.41, 5.74) is 0.628. The van der Waals surface area contributed by atoms with Gasteiger partial charge in [-0.3, -0.25) is 0 Å². The molecule has 2 atom stereocenters. The van der Waals surface area contributed by atoms with Gasteiger partial charge in [-0.1, -0.05) is 50.4 Å². The van der Waals surface area contributed by atoms with E-state index in [0.29, 0.717) is 5.92 Å². The van der Waals surface area contributed by atoms with Crippen molar-refractivity contribution >= 4 is 11.6 Å². The van der Waals surface area contributed by atoms with E-state index in [1.165, 1.54) is 12.8 Å². The smallest absolute Gasteiger partial charge is 0.0690 e. The molecule has 0 amide bonds. The lowest BCUT2D eigenvalue weighted by atomic mass is 9.73. The second kappa shape index (κ2) is 6.28. The molecule has 0 aliphatic heterocycles. The zero-order valence-electron chi connectivity index (χ0n) is 12.0. The summed E-state index contributed by atoms with van der Waals surface area (Å²) in [6.45, 7) is 4.54. The number of aliphatic hydroxyl groups is 1. The van der Waals surface area contributed by atoms with Crippen molar-refractivity contribution in [3.8, 4) is 0 Å². The Kier molecular flexibility index (Phi) is 4.92. The first kappa shape index (κ1) is 14.9. The minimum Gasteiger partial charge on any atom is -0.390 e. The van der Waals surface area contributed by atoms with E-state index in [4.69, 9.17) is 11.6 Å². The maximum atomic E-state index is 10.9. The zero-order chi connectivity index (χ0) is 13.9. The molecular formula is C17H25ClO. The molecule has 1 aliphatic carbocycles. The lowest BCUT2D eigenvalue weighted by Gasteiger charge is -2.37. The van der Waals surface area contributed by atoms with E-state index in [2.05, 4.69) is 19.9 Å². The lowest BCUT2D eigenvalue weighted by molar-refractivity contribution is -0.0189. The molecule has 0 radical (unpaired) electrons. The SMILES string of the molecule is CC(C)CC1CCCC(O)(Cc2cccc(Cl)c2)C1. The molecule has 19 heavy (non-hydrogen) atoms. The van der Waals surface area contributed by atoms with Crippen LogP contribution in [0.15, 0.2) is 24.3 Å². The normalized spacial score (nSPS) is 27.7. The molecular weight excluding hydrogens is 256 g/mol. The van der Waals surface area contributed by atoms with Crippen molar-refractivity contribution in [3.05, 3.63) is 34.9 Å². The fourth-order valence-electron chi connectivity index (χ4n) is 3.52. The van der Waals surface area contributed by atoms with Gasteiger partial charge in [0.05, 0.1) is 5.60 Å². The van der Waals surface area contributed by atoms with Gasteiger partial charge in [0.25, 0.3) is 0 Å². The van der Waals surface area contributed by atoms with Crippen molar-refractivity contribution in [3.63, 3.8) is 0 Å². The van der Waals surface area contributed by atoms with Crippen molar-refractivity contribution < 1.29 is 5.11 Å². The van der Waals surface area contributed by atoms with E-state index in [0.717, 1.165) is 42.2 Å². The molecule has 2 unspecified atom stereocenters. The average Bonchev–Trinajstić information content (AvgIpc) is 2.27.